The first kappa shape index (κ1) is 28.1. The Kier molecular flexibility index (Phi) is 8.90. The molecule has 0 radical (unpaired) electrons. The predicted octanol–water partition coefficient (Wildman–Crippen LogP) is 5.06. The van der Waals surface area contributed by atoms with Crippen molar-refractivity contribution in [3.05, 3.63) is 119 Å². The highest BCUT2D eigenvalue weighted by molar-refractivity contribution is 6.30. The van der Waals surface area contributed by atoms with E-state index in [1.165, 1.54) is 24.2 Å². The second-order valence-corrected chi connectivity index (χ2v) is 9.54. The first-order valence-electron chi connectivity index (χ1n) is 12.8. The molecule has 12 heteroatoms. The van der Waals surface area contributed by atoms with Crippen LogP contribution in [0.5, 0.6) is 0 Å². The fraction of sp³-hybridized carbons (Fsp3) is 0.100. The number of ether oxygens (including phenoxy) is 1. The Morgan fingerprint density at radius 2 is 1.81 bits per heavy atom. The minimum atomic E-state index is -0.550. The highest BCUT2D eigenvalue weighted by Gasteiger charge is 2.18. The summed E-state index contributed by atoms with van der Waals surface area (Å²) in [6.07, 6.45) is 6.14. The molecule has 1 atom stereocenters. The van der Waals surface area contributed by atoms with Crippen molar-refractivity contribution in [1.82, 2.24) is 35.7 Å². The lowest BCUT2D eigenvalue weighted by molar-refractivity contribution is -0.117. The third-order valence-corrected chi connectivity index (χ3v) is 6.51. The van der Waals surface area contributed by atoms with Crippen molar-refractivity contribution in [2.45, 2.75) is 12.5 Å². The van der Waals surface area contributed by atoms with Crippen LogP contribution < -0.4 is 10.6 Å². The van der Waals surface area contributed by atoms with Gasteiger partial charge in [-0.05, 0) is 70.4 Å². The van der Waals surface area contributed by atoms with E-state index in [1.54, 1.807) is 42.6 Å². The van der Waals surface area contributed by atoms with Crippen LogP contribution in [0.3, 0.4) is 0 Å². The molecular formula is C30H25ClN8O3. The van der Waals surface area contributed by atoms with E-state index in [0.717, 1.165) is 16.7 Å². The number of nitrogens with zero attached hydrogens (tertiary/aromatic N) is 6. The zero-order valence-electron chi connectivity index (χ0n) is 22.4. The van der Waals surface area contributed by atoms with Gasteiger partial charge in [-0.15, -0.1) is 5.10 Å². The lowest BCUT2D eigenvalue weighted by atomic mass is 10.00. The molecule has 3 aromatic carbocycles. The van der Waals surface area contributed by atoms with Crippen molar-refractivity contribution >= 4 is 35.4 Å². The van der Waals surface area contributed by atoms with Crippen LogP contribution in [0, 0.1) is 0 Å². The number of methoxy groups -OCH3 is 1. The second kappa shape index (κ2) is 13.3. The number of hydrogen-bond donors (Lipinski definition) is 2. The maximum absolute atomic E-state index is 13.2. The summed E-state index contributed by atoms with van der Waals surface area (Å²) in [6, 6.07) is 23.7. The van der Waals surface area contributed by atoms with Gasteiger partial charge in [0.2, 0.25) is 5.91 Å². The molecule has 0 aliphatic heterocycles. The predicted molar refractivity (Wildman–Crippen MR) is 158 cm³/mol. The lowest BCUT2D eigenvalue weighted by Gasteiger charge is -2.18. The standard InChI is InChI=1S/C30H25ClN8O3/c1-42-30(41)34-25-11-7-21(8-12-25)23-17-27(36-32-18-23)26(15-20-5-3-2-4-6-20)35-29(40)14-9-22-16-24(31)10-13-28(22)39-19-33-37-38-39/h2-14,16-19,26H,15H2,1H3,(H,34,41)(H,35,40)/b14-9+. The smallest absolute Gasteiger partial charge is 0.411 e. The number of benzene rings is 3. The molecule has 0 aliphatic rings. The van der Waals surface area contributed by atoms with Gasteiger partial charge in [-0.3, -0.25) is 10.1 Å². The van der Waals surface area contributed by atoms with Gasteiger partial charge in [0.15, 0.2) is 0 Å². The number of halogens is 1. The molecule has 11 nitrogen and oxygen atoms in total. The summed E-state index contributed by atoms with van der Waals surface area (Å²) in [5, 5.41) is 26.1. The molecule has 1 unspecified atom stereocenters. The number of carbonyl (C=O) groups is 2. The van der Waals surface area contributed by atoms with Gasteiger partial charge in [0.1, 0.15) is 6.33 Å². The van der Waals surface area contributed by atoms with Crippen molar-refractivity contribution in [1.29, 1.82) is 0 Å². The maximum Gasteiger partial charge on any atom is 0.411 e. The molecule has 0 saturated heterocycles. The van der Waals surface area contributed by atoms with Crippen molar-refractivity contribution in [2.24, 2.45) is 0 Å². The molecule has 42 heavy (non-hydrogen) atoms. The number of carbonyl (C=O) groups excluding carboxylic acids is 2. The first-order chi connectivity index (χ1) is 20.5. The zero-order valence-corrected chi connectivity index (χ0v) is 23.1. The summed E-state index contributed by atoms with van der Waals surface area (Å²) < 4.78 is 6.13. The van der Waals surface area contributed by atoms with Crippen LogP contribution in [0.4, 0.5) is 10.5 Å². The summed E-state index contributed by atoms with van der Waals surface area (Å²) in [7, 11) is 1.31. The van der Waals surface area contributed by atoms with Gasteiger partial charge in [-0.2, -0.15) is 14.9 Å². The summed E-state index contributed by atoms with van der Waals surface area (Å²) >= 11 is 6.22. The van der Waals surface area contributed by atoms with Gasteiger partial charge in [-0.1, -0.05) is 54.1 Å². The Morgan fingerprint density at radius 3 is 2.55 bits per heavy atom. The third-order valence-electron chi connectivity index (χ3n) is 6.28. The molecule has 2 N–H and O–H groups in total. The Bertz CT molecular complexity index is 1690. The van der Waals surface area contributed by atoms with E-state index in [9.17, 15) is 9.59 Å². The van der Waals surface area contributed by atoms with Crippen molar-refractivity contribution in [3.8, 4) is 16.8 Å². The van der Waals surface area contributed by atoms with Gasteiger partial charge in [0.05, 0.1) is 30.7 Å². The molecule has 0 spiro atoms. The van der Waals surface area contributed by atoms with Crippen LogP contribution in [-0.4, -0.2) is 49.5 Å². The largest absolute Gasteiger partial charge is 0.453 e. The number of hydrogen-bond acceptors (Lipinski definition) is 8. The third kappa shape index (κ3) is 7.20. The van der Waals surface area contributed by atoms with E-state index >= 15 is 0 Å². The number of nitrogens with one attached hydrogen (secondary N) is 2. The highest BCUT2D eigenvalue weighted by atomic mass is 35.5. The monoisotopic (exact) mass is 580 g/mol. The molecule has 2 heterocycles. The summed E-state index contributed by atoms with van der Waals surface area (Å²) in [5.74, 6) is -0.330. The molecule has 2 amide bonds. The molecule has 5 rings (SSSR count). The molecule has 0 bridgehead atoms. The fourth-order valence-corrected chi connectivity index (χ4v) is 4.41. The molecule has 0 fully saturated rings. The minimum absolute atomic E-state index is 0.330. The van der Waals surface area contributed by atoms with E-state index in [0.29, 0.717) is 34.1 Å². The Balaban J connectivity index is 1.39. The molecule has 0 saturated carbocycles. The minimum Gasteiger partial charge on any atom is -0.453 e. The van der Waals surface area contributed by atoms with Crippen LogP contribution in [0.2, 0.25) is 5.02 Å². The Hall–Kier alpha value is -5.42. The van der Waals surface area contributed by atoms with Crippen LogP contribution in [0.25, 0.3) is 22.9 Å². The fourth-order valence-electron chi connectivity index (χ4n) is 4.23. The summed E-state index contributed by atoms with van der Waals surface area (Å²) in [5.41, 5.74) is 5.20. The number of rotatable bonds is 9. The van der Waals surface area contributed by atoms with Crippen LogP contribution in [0.1, 0.15) is 22.9 Å². The number of anilines is 1. The van der Waals surface area contributed by atoms with Gasteiger partial charge in [0.25, 0.3) is 0 Å². The normalized spacial score (nSPS) is 11.7. The number of aromatic nitrogens is 6. The Morgan fingerprint density at radius 1 is 1.00 bits per heavy atom. The highest BCUT2D eigenvalue weighted by Crippen LogP contribution is 2.25. The number of tetrazole rings is 1. The first-order valence-corrected chi connectivity index (χ1v) is 13.2. The summed E-state index contributed by atoms with van der Waals surface area (Å²) in [4.78, 5) is 24.7. The SMILES string of the molecule is COC(=O)Nc1ccc(-c2cnnc(C(Cc3ccccc3)NC(=O)/C=C/c3cc(Cl)ccc3-n3cnnn3)c2)cc1. The van der Waals surface area contributed by atoms with Crippen LogP contribution in [-0.2, 0) is 16.0 Å². The maximum atomic E-state index is 13.2. The average Bonchev–Trinajstić information content (AvgIpc) is 3.56. The van der Waals surface area contributed by atoms with E-state index in [4.69, 9.17) is 11.6 Å². The van der Waals surface area contributed by atoms with E-state index < -0.39 is 12.1 Å². The van der Waals surface area contributed by atoms with E-state index in [1.807, 2.05) is 48.5 Å². The van der Waals surface area contributed by atoms with Gasteiger partial charge in [-0.25, -0.2) is 4.79 Å². The quantitative estimate of drug-likeness (QED) is 0.231. The van der Waals surface area contributed by atoms with Crippen molar-refractivity contribution < 1.29 is 14.3 Å². The second-order valence-electron chi connectivity index (χ2n) is 9.10. The van der Waals surface area contributed by atoms with E-state index in [-0.39, 0.29) is 5.91 Å². The lowest BCUT2D eigenvalue weighted by Crippen LogP contribution is -2.29. The average molecular weight is 581 g/mol. The molecule has 2 aromatic heterocycles. The van der Waals surface area contributed by atoms with Gasteiger partial charge in [0, 0.05) is 27.9 Å². The van der Waals surface area contributed by atoms with Crippen LogP contribution in [0.15, 0.2) is 97.5 Å². The Labute approximate surface area is 246 Å². The van der Waals surface area contributed by atoms with Gasteiger partial charge >= 0.3 is 6.09 Å². The molecule has 5 aromatic rings. The van der Waals surface area contributed by atoms with Crippen molar-refractivity contribution in [2.75, 3.05) is 12.4 Å². The zero-order chi connectivity index (χ0) is 29.3. The van der Waals surface area contributed by atoms with Gasteiger partial charge < -0.3 is 10.1 Å². The van der Waals surface area contributed by atoms with Crippen molar-refractivity contribution in [3.63, 3.8) is 0 Å². The molecular weight excluding hydrogens is 556 g/mol. The molecule has 0 aliphatic carbocycles. The molecule has 210 valence electrons. The topological polar surface area (TPSA) is 137 Å². The van der Waals surface area contributed by atoms with Crippen LogP contribution >= 0.6 is 11.6 Å². The van der Waals surface area contributed by atoms with E-state index in [2.05, 4.69) is 41.1 Å². The summed E-state index contributed by atoms with van der Waals surface area (Å²) in [6.45, 7) is 0. The number of amides is 2.